The van der Waals surface area contributed by atoms with Crippen molar-refractivity contribution in [2.24, 2.45) is 0 Å². The maximum Gasteiger partial charge on any atom is 0.411 e. The molecule has 0 radical (unpaired) electrons. The van der Waals surface area contributed by atoms with Gasteiger partial charge in [-0.1, -0.05) is 35.3 Å². The summed E-state index contributed by atoms with van der Waals surface area (Å²) in [7, 11) is 0. The van der Waals surface area contributed by atoms with Crippen molar-refractivity contribution in [3.63, 3.8) is 0 Å². The van der Waals surface area contributed by atoms with Crippen molar-refractivity contribution in [2.75, 3.05) is 13.2 Å². The molecule has 3 aliphatic carbocycles. The maximum atomic E-state index is 13.6. The second kappa shape index (κ2) is 9.15. The molecular weight excluding hydrogens is 498 g/mol. The first-order valence-corrected chi connectivity index (χ1v) is 12.3. The molecule has 1 saturated heterocycles. The first-order chi connectivity index (χ1) is 16.7. The molecule has 4 aliphatic rings. The molecule has 10 heteroatoms. The minimum absolute atomic E-state index is 0.0296. The Hall–Kier alpha value is -2.55. The van der Waals surface area contributed by atoms with E-state index in [1.807, 2.05) is 12.1 Å². The second-order valence-corrected chi connectivity index (χ2v) is 10.4. The normalized spacial score (nSPS) is 29.7. The Bertz CT molecular complexity index is 1140. The number of halogens is 3. The molecule has 7 nitrogen and oxygen atoms in total. The Kier molecular flexibility index (Phi) is 6.32. The molecule has 2 aromatic rings. The third-order valence-electron chi connectivity index (χ3n) is 7.56. The molecule has 35 heavy (non-hydrogen) atoms. The average molecular weight is 523 g/mol. The number of rotatable bonds is 6. The number of ether oxygens (including phenoxy) is 2. The number of hydrogen-bond donors (Lipinski definition) is 2. The summed E-state index contributed by atoms with van der Waals surface area (Å²) in [6, 6.07) is 11.2. The van der Waals surface area contributed by atoms with Crippen LogP contribution in [0, 0.1) is 5.82 Å². The van der Waals surface area contributed by atoms with E-state index in [-0.39, 0.29) is 23.5 Å². The van der Waals surface area contributed by atoms with Crippen LogP contribution in [0.25, 0.3) is 0 Å². The molecule has 6 rings (SSSR count). The van der Waals surface area contributed by atoms with E-state index >= 15 is 0 Å². The number of nitrogens with one attached hydrogen (secondary N) is 1. The van der Waals surface area contributed by atoms with Gasteiger partial charge < -0.3 is 19.9 Å². The van der Waals surface area contributed by atoms with Gasteiger partial charge in [0.05, 0.1) is 23.2 Å². The molecule has 2 bridgehead atoms. The van der Waals surface area contributed by atoms with Gasteiger partial charge in [-0.3, -0.25) is 9.69 Å². The van der Waals surface area contributed by atoms with Crippen LogP contribution in [0.4, 0.5) is 9.18 Å². The number of amides is 2. The lowest BCUT2D eigenvalue weighted by molar-refractivity contribution is -0.135. The number of nitrogens with zero attached hydrogens (tertiary/aromatic N) is 1. The number of carbonyl (C=O) groups is 2. The van der Waals surface area contributed by atoms with Crippen LogP contribution in [0.15, 0.2) is 42.5 Å². The maximum absolute atomic E-state index is 13.6. The Balaban J connectivity index is 1.21. The van der Waals surface area contributed by atoms with Gasteiger partial charge >= 0.3 is 6.09 Å². The zero-order chi connectivity index (χ0) is 24.8. The van der Waals surface area contributed by atoms with Crippen LogP contribution in [-0.2, 0) is 9.53 Å². The Morgan fingerprint density at radius 2 is 1.89 bits per heavy atom. The quantitative estimate of drug-likeness (QED) is 0.577. The third kappa shape index (κ3) is 4.55. The van der Waals surface area contributed by atoms with Crippen LogP contribution in [-0.4, -0.2) is 52.3 Å². The van der Waals surface area contributed by atoms with Crippen molar-refractivity contribution in [1.29, 1.82) is 0 Å². The lowest BCUT2D eigenvalue weighted by Crippen LogP contribution is -2.70. The molecule has 0 aromatic heterocycles. The summed E-state index contributed by atoms with van der Waals surface area (Å²) in [5.41, 5.74) is -0.426. The number of benzene rings is 2. The number of cyclic esters (lactones) is 1. The van der Waals surface area contributed by atoms with E-state index in [1.54, 1.807) is 17.0 Å². The Morgan fingerprint density at radius 1 is 1.17 bits per heavy atom. The number of fused-ring (bicyclic) bond motifs is 3. The number of aliphatic hydroxyl groups excluding tert-OH is 1. The smallest absolute Gasteiger partial charge is 0.411 e. The van der Waals surface area contributed by atoms with Gasteiger partial charge in [0, 0.05) is 16.6 Å². The fourth-order valence-corrected chi connectivity index (χ4v) is 5.82. The minimum atomic E-state index is -0.829. The fourth-order valence-electron chi connectivity index (χ4n) is 5.57. The van der Waals surface area contributed by atoms with E-state index in [0.717, 1.165) is 11.6 Å². The first-order valence-electron chi connectivity index (χ1n) is 11.5. The molecule has 186 valence electrons. The van der Waals surface area contributed by atoms with Crippen molar-refractivity contribution in [3.05, 3.63) is 63.9 Å². The summed E-state index contributed by atoms with van der Waals surface area (Å²) in [5.74, 6) is -0.848. The molecule has 2 aromatic carbocycles. The zero-order valence-electron chi connectivity index (χ0n) is 18.8. The topological polar surface area (TPSA) is 88.1 Å². The van der Waals surface area contributed by atoms with E-state index < -0.39 is 35.0 Å². The predicted octanol–water partition coefficient (Wildman–Crippen LogP) is 4.64. The molecule has 2 unspecified atom stereocenters. The molecule has 2 N–H and O–H groups in total. The van der Waals surface area contributed by atoms with Crippen LogP contribution < -0.4 is 10.1 Å². The van der Waals surface area contributed by atoms with Crippen LogP contribution >= 0.6 is 23.2 Å². The summed E-state index contributed by atoms with van der Waals surface area (Å²) < 4.78 is 24.6. The molecule has 1 heterocycles. The van der Waals surface area contributed by atoms with Crippen LogP contribution in [0.1, 0.15) is 43.8 Å². The lowest BCUT2D eigenvalue weighted by atomic mass is 9.59. The SMILES string of the molecule is O=C(COc1ccc(Cl)c(F)c1)NC12CCC(N3CC(c4ccc(Cl)cc4)OC3=O)(CC1)CC2O. The van der Waals surface area contributed by atoms with Gasteiger partial charge in [-0.15, -0.1) is 0 Å². The number of hydrogen-bond acceptors (Lipinski definition) is 5. The van der Waals surface area contributed by atoms with Gasteiger partial charge in [0.2, 0.25) is 0 Å². The molecular formula is C25H25Cl2FN2O5. The van der Waals surface area contributed by atoms with Crippen molar-refractivity contribution >= 4 is 35.2 Å². The van der Waals surface area contributed by atoms with Gasteiger partial charge in [-0.05, 0) is 61.9 Å². The summed E-state index contributed by atoms with van der Waals surface area (Å²) in [4.78, 5) is 27.2. The highest BCUT2D eigenvalue weighted by Crippen LogP contribution is 2.51. The van der Waals surface area contributed by atoms with Gasteiger partial charge in [0.25, 0.3) is 5.91 Å². The van der Waals surface area contributed by atoms with Gasteiger partial charge in [-0.25, -0.2) is 9.18 Å². The van der Waals surface area contributed by atoms with Gasteiger partial charge in [0.15, 0.2) is 6.61 Å². The molecule has 2 amide bonds. The zero-order valence-corrected chi connectivity index (χ0v) is 20.3. The highest BCUT2D eigenvalue weighted by Gasteiger charge is 2.59. The largest absolute Gasteiger partial charge is 0.484 e. The molecule has 0 spiro atoms. The van der Waals surface area contributed by atoms with Crippen molar-refractivity contribution < 1.29 is 28.6 Å². The minimum Gasteiger partial charge on any atom is -0.484 e. The van der Waals surface area contributed by atoms with Crippen molar-refractivity contribution in [2.45, 2.75) is 55.4 Å². The average Bonchev–Trinajstić information content (AvgIpc) is 3.24. The van der Waals surface area contributed by atoms with Gasteiger partial charge in [0.1, 0.15) is 17.7 Å². The predicted molar refractivity (Wildman–Crippen MR) is 127 cm³/mol. The monoisotopic (exact) mass is 522 g/mol. The van der Waals surface area contributed by atoms with E-state index in [9.17, 15) is 19.1 Å². The first kappa shape index (κ1) is 24.2. The summed E-state index contributed by atoms with van der Waals surface area (Å²) in [6.45, 7) is 0.0833. The van der Waals surface area contributed by atoms with Crippen LogP contribution in [0.2, 0.25) is 10.0 Å². The fraction of sp³-hybridized carbons (Fsp3) is 0.440. The highest BCUT2D eigenvalue weighted by molar-refractivity contribution is 6.30. The molecule has 3 saturated carbocycles. The van der Waals surface area contributed by atoms with E-state index in [1.165, 1.54) is 12.1 Å². The number of aliphatic hydroxyl groups is 1. The second-order valence-electron chi connectivity index (χ2n) is 9.55. The Labute approximate surface area is 212 Å². The van der Waals surface area contributed by atoms with Gasteiger partial charge in [-0.2, -0.15) is 0 Å². The lowest BCUT2D eigenvalue weighted by Gasteiger charge is -2.58. The van der Waals surface area contributed by atoms with Crippen molar-refractivity contribution in [3.8, 4) is 5.75 Å². The number of carbonyl (C=O) groups excluding carboxylic acids is 2. The standard InChI is InChI=1S/C25H25Cl2FN2O5/c26-16-3-1-15(2-4-16)20-13-30(23(33)35-20)24-7-9-25(10-8-24,21(31)12-24)29-22(32)14-34-17-5-6-18(27)19(28)11-17/h1-6,11,20-21,31H,7-10,12-14H2,(H,29,32). The van der Waals surface area contributed by atoms with E-state index in [0.29, 0.717) is 43.7 Å². The molecule has 4 fully saturated rings. The van der Waals surface area contributed by atoms with E-state index in [4.69, 9.17) is 32.7 Å². The third-order valence-corrected chi connectivity index (χ3v) is 8.12. The molecule has 2 atom stereocenters. The summed E-state index contributed by atoms with van der Waals surface area (Å²) in [6.07, 6.45) is 1.04. The van der Waals surface area contributed by atoms with Crippen LogP contribution in [0.5, 0.6) is 5.75 Å². The van der Waals surface area contributed by atoms with E-state index in [2.05, 4.69) is 5.32 Å². The van der Waals surface area contributed by atoms with Crippen LogP contribution in [0.3, 0.4) is 0 Å². The summed E-state index contributed by atoms with van der Waals surface area (Å²) >= 11 is 11.6. The highest BCUT2D eigenvalue weighted by atomic mass is 35.5. The summed E-state index contributed by atoms with van der Waals surface area (Å²) in [5, 5.41) is 14.6. The Morgan fingerprint density at radius 3 is 2.54 bits per heavy atom. The molecule has 1 aliphatic heterocycles. The van der Waals surface area contributed by atoms with Crippen molar-refractivity contribution in [1.82, 2.24) is 10.2 Å².